The maximum atomic E-state index is 12.6. The highest BCUT2D eigenvalue weighted by molar-refractivity contribution is 5.81. The van der Waals surface area contributed by atoms with Crippen LogP contribution in [0.2, 0.25) is 0 Å². The van der Waals surface area contributed by atoms with Gasteiger partial charge in [0.15, 0.2) is 0 Å². The van der Waals surface area contributed by atoms with Crippen molar-refractivity contribution in [3.63, 3.8) is 0 Å². The number of pyridine rings is 1. The molecule has 3 fully saturated rings. The van der Waals surface area contributed by atoms with Crippen molar-refractivity contribution in [3.05, 3.63) is 30.1 Å². The van der Waals surface area contributed by atoms with Crippen LogP contribution in [0.5, 0.6) is 0 Å². The lowest BCUT2D eigenvalue weighted by molar-refractivity contribution is -0.193. The summed E-state index contributed by atoms with van der Waals surface area (Å²) in [6.07, 6.45) is -0.281. The zero-order valence-corrected chi connectivity index (χ0v) is 20.3. The van der Waals surface area contributed by atoms with Gasteiger partial charge in [-0.3, -0.25) is 14.7 Å². The van der Waals surface area contributed by atoms with Crippen LogP contribution in [0.3, 0.4) is 0 Å². The van der Waals surface area contributed by atoms with Gasteiger partial charge in [0.25, 0.3) is 5.91 Å². The number of ether oxygens (including phenoxy) is 1. The number of aliphatic carboxylic acids is 2. The molecular formula is C23H29F6N3O6. The Labute approximate surface area is 214 Å². The summed E-state index contributed by atoms with van der Waals surface area (Å²) in [6, 6.07) is 4.13. The van der Waals surface area contributed by atoms with Gasteiger partial charge in [-0.15, -0.1) is 0 Å². The van der Waals surface area contributed by atoms with E-state index in [1.54, 1.807) is 0 Å². The van der Waals surface area contributed by atoms with E-state index in [0.29, 0.717) is 0 Å². The number of nitrogens with zero attached hydrogens (tertiary/aromatic N) is 3. The smallest absolute Gasteiger partial charge is 0.475 e. The molecule has 15 heteroatoms. The summed E-state index contributed by atoms with van der Waals surface area (Å²) >= 11 is 0. The van der Waals surface area contributed by atoms with Crippen molar-refractivity contribution in [2.45, 2.75) is 69.1 Å². The van der Waals surface area contributed by atoms with Crippen LogP contribution < -0.4 is 0 Å². The number of piperidine rings is 1. The van der Waals surface area contributed by atoms with Crippen LogP contribution in [0.15, 0.2) is 24.5 Å². The summed E-state index contributed by atoms with van der Waals surface area (Å²) in [7, 11) is 0. The van der Waals surface area contributed by atoms with Gasteiger partial charge in [0.2, 0.25) is 0 Å². The molecule has 0 aromatic carbocycles. The molecule has 3 saturated heterocycles. The van der Waals surface area contributed by atoms with Crippen LogP contribution in [0, 0.1) is 0 Å². The van der Waals surface area contributed by atoms with Crippen LogP contribution in [0.25, 0.3) is 0 Å². The lowest BCUT2D eigenvalue weighted by Crippen LogP contribution is -2.45. The third kappa shape index (κ3) is 9.74. The second-order valence-electron chi connectivity index (χ2n) is 9.10. The predicted octanol–water partition coefficient (Wildman–Crippen LogP) is 3.48. The second-order valence-corrected chi connectivity index (χ2v) is 9.10. The van der Waals surface area contributed by atoms with Crippen LogP contribution in [0.1, 0.15) is 44.1 Å². The number of hydrogen-bond acceptors (Lipinski definition) is 6. The SMILES string of the molecule is O=C(C1CCC2(CCN(Cc3cccnc3)CC2)O1)N1CCCC1.O=C(O)C(F)(F)F.O=C(O)C(F)(F)F. The van der Waals surface area contributed by atoms with E-state index >= 15 is 0 Å². The molecule has 1 amide bonds. The van der Waals surface area contributed by atoms with Gasteiger partial charge in [-0.25, -0.2) is 9.59 Å². The number of hydrogen-bond donors (Lipinski definition) is 2. The van der Waals surface area contributed by atoms with E-state index in [4.69, 9.17) is 24.5 Å². The van der Waals surface area contributed by atoms with Gasteiger partial charge in [-0.05, 0) is 50.2 Å². The molecule has 1 aromatic rings. The minimum Gasteiger partial charge on any atom is -0.475 e. The average molecular weight is 557 g/mol. The molecule has 1 spiro atoms. The quantitative estimate of drug-likeness (QED) is 0.543. The number of halogens is 6. The van der Waals surface area contributed by atoms with E-state index in [1.165, 1.54) is 5.56 Å². The van der Waals surface area contributed by atoms with Gasteiger partial charge < -0.3 is 19.8 Å². The van der Waals surface area contributed by atoms with Crippen molar-refractivity contribution in [3.8, 4) is 0 Å². The number of rotatable bonds is 3. The first-order valence-electron chi connectivity index (χ1n) is 11.8. The summed E-state index contributed by atoms with van der Waals surface area (Å²) < 4.78 is 69.8. The monoisotopic (exact) mass is 557 g/mol. The lowest BCUT2D eigenvalue weighted by Gasteiger charge is -2.39. The molecule has 4 rings (SSSR count). The fraction of sp³-hybridized carbons (Fsp3) is 0.652. The number of carbonyl (C=O) groups is 3. The zero-order valence-electron chi connectivity index (χ0n) is 20.3. The molecule has 9 nitrogen and oxygen atoms in total. The Bertz CT molecular complexity index is 906. The highest BCUT2D eigenvalue weighted by Crippen LogP contribution is 2.39. The molecule has 3 aliphatic rings. The van der Waals surface area contributed by atoms with Crippen molar-refractivity contribution >= 4 is 17.8 Å². The summed E-state index contributed by atoms with van der Waals surface area (Å²) in [5.41, 5.74) is 1.22. The molecule has 2 N–H and O–H groups in total. The van der Waals surface area contributed by atoms with Crippen molar-refractivity contribution in [2.75, 3.05) is 26.2 Å². The standard InChI is InChI=1S/C19H27N3O2.2C2HF3O2/c23-18(22-10-1-2-11-22)17-5-6-19(24-17)7-12-21(13-8-19)15-16-4-3-9-20-14-16;2*3-2(4,5)1(6)7/h3-4,9,14,17H,1-2,5-8,10-13,15H2;2*(H,6,7). The molecule has 1 atom stereocenters. The van der Waals surface area contributed by atoms with Gasteiger partial charge in [0, 0.05) is 45.1 Å². The van der Waals surface area contributed by atoms with E-state index in [0.717, 1.165) is 71.2 Å². The van der Waals surface area contributed by atoms with Crippen molar-refractivity contribution in [2.24, 2.45) is 0 Å². The van der Waals surface area contributed by atoms with E-state index in [1.807, 2.05) is 23.4 Å². The normalized spacial score (nSPS) is 21.2. The van der Waals surface area contributed by atoms with Crippen molar-refractivity contribution < 1.29 is 55.7 Å². The third-order valence-electron chi connectivity index (χ3n) is 6.33. The van der Waals surface area contributed by atoms with Gasteiger partial charge in [-0.2, -0.15) is 26.3 Å². The average Bonchev–Trinajstić information content (AvgIpc) is 3.52. The Morgan fingerprint density at radius 3 is 1.92 bits per heavy atom. The van der Waals surface area contributed by atoms with Crippen LogP contribution >= 0.6 is 0 Å². The van der Waals surface area contributed by atoms with E-state index < -0.39 is 24.3 Å². The van der Waals surface area contributed by atoms with Crippen molar-refractivity contribution in [1.29, 1.82) is 0 Å². The molecule has 38 heavy (non-hydrogen) atoms. The molecule has 3 aliphatic heterocycles. The van der Waals surface area contributed by atoms with Crippen LogP contribution in [0.4, 0.5) is 26.3 Å². The molecule has 1 aromatic heterocycles. The number of carboxylic acid groups (broad SMARTS) is 2. The Balaban J connectivity index is 0.000000301. The maximum absolute atomic E-state index is 12.6. The molecule has 4 heterocycles. The topological polar surface area (TPSA) is 120 Å². The fourth-order valence-corrected chi connectivity index (χ4v) is 4.37. The summed E-state index contributed by atoms with van der Waals surface area (Å²) in [5.74, 6) is -5.28. The molecule has 0 saturated carbocycles. The third-order valence-corrected chi connectivity index (χ3v) is 6.33. The Hall–Kier alpha value is -2.94. The summed E-state index contributed by atoms with van der Waals surface area (Å²) in [6.45, 7) is 4.88. The first-order valence-corrected chi connectivity index (χ1v) is 11.8. The molecular weight excluding hydrogens is 528 g/mol. The lowest BCUT2D eigenvalue weighted by atomic mass is 9.88. The van der Waals surface area contributed by atoms with Crippen molar-refractivity contribution in [1.82, 2.24) is 14.8 Å². The highest BCUT2D eigenvalue weighted by Gasteiger charge is 2.45. The Kier molecular flexibility index (Phi) is 10.9. The number of carbonyl (C=O) groups excluding carboxylic acids is 1. The summed E-state index contributed by atoms with van der Waals surface area (Å²) in [4.78, 5) is 39.0. The minimum absolute atomic E-state index is 0.0501. The van der Waals surface area contributed by atoms with E-state index in [-0.39, 0.29) is 17.6 Å². The van der Waals surface area contributed by atoms with Crippen LogP contribution in [-0.2, 0) is 25.7 Å². The molecule has 214 valence electrons. The van der Waals surface area contributed by atoms with Gasteiger partial charge in [0.05, 0.1) is 5.60 Å². The number of likely N-dealkylation sites (tertiary alicyclic amines) is 2. The first-order chi connectivity index (χ1) is 17.6. The molecule has 0 aliphatic carbocycles. The number of aromatic nitrogens is 1. The first kappa shape index (κ1) is 31.3. The Morgan fingerprint density at radius 1 is 0.947 bits per heavy atom. The minimum atomic E-state index is -5.08. The number of alkyl halides is 6. The number of carboxylic acids is 2. The summed E-state index contributed by atoms with van der Waals surface area (Å²) in [5, 5.41) is 14.2. The fourth-order valence-electron chi connectivity index (χ4n) is 4.37. The van der Waals surface area contributed by atoms with Crippen LogP contribution in [-0.4, -0.2) is 93.1 Å². The van der Waals surface area contributed by atoms with E-state index in [9.17, 15) is 31.1 Å². The molecule has 1 unspecified atom stereocenters. The van der Waals surface area contributed by atoms with E-state index in [2.05, 4.69) is 16.0 Å². The largest absolute Gasteiger partial charge is 0.490 e. The highest BCUT2D eigenvalue weighted by atomic mass is 19.4. The molecule has 0 radical (unpaired) electrons. The Morgan fingerprint density at radius 2 is 1.47 bits per heavy atom. The number of amides is 1. The van der Waals surface area contributed by atoms with Gasteiger partial charge in [-0.1, -0.05) is 6.07 Å². The maximum Gasteiger partial charge on any atom is 0.490 e. The molecule has 0 bridgehead atoms. The zero-order chi connectivity index (χ0) is 28.6. The predicted molar refractivity (Wildman–Crippen MR) is 119 cm³/mol. The van der Waals surface area contributed by atoms with Gasteiger partial charge in [0.1, 0.15) is 6.10 Å². The van der Waals surface area contributed by atoms with Gasteiger partial charge >= 0.3 is 24.3 Å². The second kappa shape index (κ2) is 13.2.